The van der Waals surface area contributed by atoms with Crippen molar-refractivity contribution in [3.63, 3.8) is 0 Å². The van der Waals surface area contributed by atoms with Crippen LogP contribution in [0.3, 0.4) is 0 Å². The van der Waals surface area contributed by atoms with Crippen LogP contribution in [0.1, 0.15) is 13.3 Å². The number of sulfonamides is 1. The van der Waals surface area contributed by atoms with E-state index in [-0.39, 0.29) is 11.9 Å². The smallest absolute Gasteiger partial charge is 0.238 e. The van der Waals surface area contributed by atoms with Gasteiger partial charge in [-0.3, -0.25) is 4.79 Å². The highest BCUT2D eigenvalue weighted by molar-refractivity contribution is 7.88. The molecule has 0 bridgehead atoms. The van der Waals surface area contributed by atoms with Gasteiger partial charge in [0.25, 0.3) is 0 Å². The van der Waals surface area contributed by atoms with Crippen molar-refractivity contribution in [3.05, 3.63) is 0 Å². The number of rotatable bonds is 3. The van der Waals surface area contributed by atoms with E-state index in [1.165, 1.54) is 10.6 Å². The predicted molar refractivity (Wildman–Crippen MR) is 58.3 cm³/mol. The van der Waals surface area contributed by atoms with Gasteiger partial charge in [-0.1, -0.05) is 0 Å². The number of halogens is 1. The van der Waals surface area contributed by atoms with Gasteiger partial charge >= 0.3 is 0 Å². The zero-order valence-corrected chi connectivity index (χ0v) is 10.3. The molecule has 1 amide bonds. The van der Waals surface area contributed by atoms with Gasteiger partial charge in [-0.05, 0) is 13.3 Å². The average molecular weight is 255 g/mol. The highest BCUT2D eigenvalue weighted by Crippen LogP contribution is 2.12. The molecule has 0 aromatic rings. The molecule has 1 N–H and O–H groups in total. The van der Waals surface area contributed by atoms with Crippen molar-refractivity contribution in [2.45, 2.75) is 24.8 Å². The number of carbonyl (C=O) groups excluding carboxylic acids is 1. The molecular formula is C8H15ClN2O3S. The summed E-state index contributed by atoms with van der Waals surface area (Å²) in [5.41, 5.74) is 0. The summed E-state index contributed by atoms with van der Waals surface area (Å²) in [6.07, 6.45) is 1.81. The second-order valence-corrected chi connectivity index (χ2v) is 6.37. The molecule has 2 atom stereocenters. The van der Waals surface area contributed by atoms with Gasteiger partial charge in [-0.25, -0.2) is 12.7 Å². The molecule has 0 saturated carbocycles. The second-order valence-electron chi connectivity index (χ2n) is 3.73. The molecule has 0 aliphatic carbocycles. The molecule has 7 heteroatoms. The summed E-state index contributed by atoms with van der Waals surface area (Å²) in [5.74, 6) is -0.253. The van der Waals surface area contributed by atoms with E-state index in [1.807, 2.05) is 0 Å². The molecule has 1 aliphatic heterocycles. The minimum Gasteiger partial charge on any atom is -0.351 e. The average Bonchev–Trinajstić information content (AvgIpc) is 2.51. The van der Waals surface area contributed by atoms with Crippen molar-refractivity contribution in [2.24, 2.45) is 0 Å². The Bertz CT molecular complexity index is 342. The number of amides is 1. The Morgan fingerprint density at radius 2 is 2.20 bits per heavy atom. The highest BCUT2D eigenvalue weighted by atomic mass is 35.5. The Morgan fingerprint density at radius 1 is 1.60 bits per heavy atom. The molecule has 1 fully saturated rings. The van der Waals surface area contributed by atoms with Gasteiger partial charge in [0.05, 0.1) is 6.26 Å². The first kappa shape index (κ1) is 12.7. The molecule has 1 heterocycles. The monoisotopic (exact) mass is 254 g/mol. The Hall–Kier alpha value is -0.330. The van der Waals surface area contributed by atoms with Crippen LogP contribution in [0.15, 0.2) is 0 Å². The molecule has 1 rings (SSSR count). The standard InChI is InChI=1S/C8H15ClN2O3S/c1-6(9)8(12)10-7-3-4-11(5-7)15(2,13)14/h6-7H,3-5H2,1-2H3,(H,10,12). The zero-order valence-electron chi connectivity index (χ0n) is 8.73. The lowest BCUT2D eigenvalue weighted by Crippen LogP contribution is -2.41. The van der Waals surface area contributed by atoms with E-state index in [4.69, 9.17) is 11.6 Å². The minimum absolute atomic E-state index is 0.117. The van der Waals surface area contributed by atoms with E-state index in [1.54, 1.807) is 6.92 Å². The number of alkyl halides is 1. The lowest BCUT2D eigenvalue weighted by atomic mass is 10.2. The third-order valence-electron chi connectivity index (χ3n) is 2.33. The Kier molecular flexibility index (Phi) is 3.97. The van der Waals surface area contributed by atoms with Crippen LogP contribution in [0.25, 0.3) is 0 Å². The van der Waals surface area contributed by atoms with E-state index < -0.39 is 15.4 Å². The molecule has 1 saturated heterocycles. The first-order valence-corrected chi connectivity index (χ1v) is 6.98. The van der Waals surface area contributed by atoms with Crippen molar-refractivity contribution in [1.29, 1.82) is 0 Å². The molecule has 0 radical (unpaired) electrons. The van der Waals surface area contributed by atoms with Gasteiger partial charge in [0.2, 0.25) is 15.9 Å². The SMILES string of the molecule is CC(Cl)C(=O)NC1CCN(S(C)(=O)=O)C1. The van der Waals surface area contributed by atoms with E-state index in [0.717, 1.165) is 0 Å². The Balaban J connectivity index is 2.48. The van der Waals surface area contributed by atoms with Crippen molar-refractivity contribution >= 4 is 27.5 Å². The molecule has 5 nitrogen and oxygen atoms in total. The molecular weight excluding hydrogens is 240 g/mol. The van der Waals surface area contributed by atoms with Gasteiger partial charge < -0.3 is 5.32 Å². The fraction of sp³-hybridized carbons (Fsp3) is 0.875. The normalized spacial score (nSPS) is 25.1. The third kappa shape index (κ3) is 3.62. The largest absolute Gasteiger partial charge is 0.351 e. The lowest BCUT2D eigenvalue weighted by molar-refractivity contribution is -0.121. The quantitative estimate of drug-likeness (QED) is 0.708. The maximum absolute atomic E-state index is 11.2. The maximum atomic E-state index is 11.2. The van der Waals surface area contributed by atoms with Gasteiger partial charge in [-0.2, -0.15) is 0 Å². The molecule has 88 valence electrons. The third-order valence-corrected chi connectivity index (χ3v) is 3.80. The summed E-state index contributed by atoms with van der Waals surface area (Å²) < 4.78 is 23.7. The van der Waals surface area contributed by atoms with Gasteiger partial charge in [-0.15, -0.1) is 11.6 Å². The number of carbonyl (C=O) groups is 1. The summed E-state index contributed by atoms with van der Waals surface area (Å²) in [7, 11) is -3.14. The molecule has 0 aromatic carbocycles. The first-order valence-electron chi connectivity index (χ1n) is 4.70. The second kappa shape index (κ2) is 4.67. The van der Waals surface area contributed by atoms with Crippen molar-refractivity contribution < 1.29 is 13.2 Å². The summed E-state index contributed by atoms with van der Waals surface area (Å²) >= 11 is 5.59. The van der Waals surface area contributed by atoms with Gasteiger partial charge in [0.15, 0.2) is 0 Å². The summed E-state index contributed by atoms with van der Waals surface area (Å²) in [6, 6.07) is -0.117. The molecule has 0 aromatic heterocycles. The van der Waals surface area contributed by atoms with Gasteiger partial charge in [0, 0.05) is 19.1 Å². The van der Waals surface area contributed by atoms with Crippen LogP contribution in [0.5, 0.6) is 0 Å². The zero-order chi connectivity index (χ0) is 11.6. The number of hydrogen-bond donors (Lipinski definition) is 1. The van der Waals surface area contributed by atoms with Crippen LogP contribution < -0.4 is 5.32 Å². The molecule has 15 heavy (non-hydrogen) atoms. The Morgan fingerprint density at radius 3 is 2.60 bits per heavy atom. The molecule has 1 aliphatic rings. The summed E-state index contributed by atoms with van der Waals surface area (Å²) in [4.78, 5) is 11.2. The first-order chi connectivity index (χ1) is 6.80. The number of hydrogen-bond acceptors (Lipinski definition) is 3. The van der Waals surface area contributed by atoms with E-state index in [0.29, 0.717) is 19.5 Å². The molecule has 2 unspecified atom stereocenters. The van der Waals surface area contributed by atoms with Crippen LogP contribution in [0.2, 0.25) is 0 Å². The van der Waals surface area contributed by atoms with Crippen molar-refractivity contribution in [1.82, 2.24) is 9.62 Å². The van der Waals surface area contributed by atoms with Crippen LogP contribution in [-0.4, -0.2) is 49.4 Å². The van der Waals surface area contributed by atoms with Gasteiger partial charge in [0.1, 0.15) is 5.38 Å². The van der Waals surface area contributed by atoms with E-state index >= 15 is 0 Å². The fourth-order valence-electron chi connectivity index (χ4n) is 1.46. The fourth-order valence-corrected chi connectivity index (χ4v) is 2.41. The highest BCUT2D eigenvalue weighted by Gasteiger charge is 2.29. The summed E-state index contributed by atoms with van der Waals surface area (Å²) in [6.45, 7) is 2.38. The number of nitrogens with one attached hydrogen (secondary N) is 1. The van der Waals surface area contributed by atoms with Crippen LogP contribution in [0.4, 0.5) is 0 Å². The van der Waals surface area contributed by atoms with Crippen LogP contribution >= 0.6 is 11.6 Å². The van der Waals surface area contributed by atoms with Crippen molar-refractivity contribution in [3.8, 4) is 0 Å². The Labute approximate surface area is 94.8 Å². The van der Waals surface area contributed by atoms with Crippen molar-refractivity contribution in [2.75, 3.05) is 19.3 Å². The molecule has 0 spiro atoms. The maximum Gasteiger partial charge on any atom is 0.238 e. The van der Waals surface area contributed by atoms with E-state index in [9.17, 15) is 13.2 Å². The van der Waals surface area contributed by atoms with Crippen LogP contribution in [-0.2, 0) is 14.8 Å². The number of nitrogens with zero attached hydrogens (tertiary/aromatic N) is 1. The van der Waals surface area contributed by atoms with E-state index in [2.05, 4.69) is 5.32 Å². The topological polar surface area (TPSA) is 66.5 Å². The minimum atomic E-state index is -3.14. The van der Waals surface area contributed by atoms with Crippen LogP contribution in [0, 0.1) is 0 Å². The predicted octanol–water partition coefficient (Wildman–Crippen LogP) is -0.236. The lowest BCUT2D eigenvalue weighted by Gasteiger charge is -2.15. The summed E-state index contributed by atoms with van der Waals surface area (Å²) in [5, 5.41) is 2.12.